The molecule has 0 aromatic heterocycles. The maximum absolute atomic E-state index is 13.0. The molecule has 0 saturated carbocycles. The average Bonchev–Trinajstić information content (AvgIpc) is 2.71. The van der Waals surface area contributed by atoms with E-state index in [0.717, 1.165) is 35.4 Å². The molecule has 0 bridgehead atoms. The molecule has 0 aliphatic heterocycles. The Morgan fingerprint density at radius 1 is 1.16 bits per heavy atom. The quantitative estimate of drug-likeness (QED) is 0.428. The van der Waals surface area contributed by atoms with Crippen LogP contribution in [0.1, 0.15) is 44.2 Å². The average molecular weight is 448 g/mol. The number of benzene rings is 2. The largest absolute Gasteiger partial charge is 0.324 e. The van der Waals surface area contributed by atoms with Gasteiger partial charge in [-0.05, 0) is 49.4 Å². The lowest BCUT2D eigenvalue weighted by Gasteiger charge is -2.31. The fourth-order valence-corrected chi connectivity index (χ4v) is 4.61. The zero-order valence-electron chi connectivity index (χ0n) is 18.3. The number of amides is 1. The van der Waals surface area contributed by atoms with Crippen molar-refractivity contribution in [2.45, 2.75) is 52.5 Å². The second kappa shape index (κ2) is 10.4. The molecule has 1 unspecified atom stereocenters. The Labute approximate surface area is 183 Å². The van der Waals surface area contributed by atoms with Gasteiger partial charge in [-0.25, -0.2) is 8.42 Å². The molecule has 8 nitrogen and oxygen atoms in total. The number of sulfonamides is 1. The molecule has 31 heavy (non-hydrogen) atoms. The van der Waals surface area contributed by atoms with Gasteiger partial charge in [-0.3, -0.25) is 19.2 Å². The smallest absolute Gasteiger partial charge is 0.271 e. The zero-order chi connectivity index (χ0) is 23.2. The molecule has 0 aliphatic rings. The van der Waals surface area contributed by atoms with Gasteiger partial charge in [0.15, 0.2) is 0 Å². The van der Waals surface area contributed by atoms with Crippen LogP contribution in [-0.4, -0.2) is 31.5 Å². The number of unbranched alkanes of at least 4 members (excludes halogenated alkanes) is 1. The first kappa shape index (κ1) is 24.3. The Morgan fingerprint density at radius 2 is 1.81 bits per heavy atom. The van der Waals surface area contributed by atoms with E-state index in [2.05, 4.69) is 12.2 Å². The monoisotopic (exact) mass is 447 g/mol. The Bertz CT molecular complexity index is 1040. The number of nitrogens with one attached hydrogen (secondary N) is 1. The van der Waals surface area contributed by atoms with Crippen molar-refractivity contribution in [3.05, 3.63) is 63.7 Å². The summed E-state index contributed by atoms with van der Waals surface area (Å²) in [5.74, 6) is -0.500. The molecule has 1 amide bonds. The standard InChI is InChI=1S/C22H29N3O5S/c1-5-7-8-17-10-12-18(13-11-17)23-22(26)20(6-2)24(31(4,29)30)21-15-19(25(27)28)14-9-16(21)3/h9-15,20H,5-8H2,1-4H3,(H,23,26). The van der Waals surface area contributed by atoms with Gasteiger partial charge in [-0.1, -0.05) is 38.5 Å². The van der Waals surface area contributed by atoms with Crippen LogP contribution in [0.2, 0.25) is 0 Å². The lowest BCUT2D eigenvalue weighted by molar-refractivity contribution is -0.384. The van der Waals surface area contributed by atoms with E-state index >= 15 is 0 Å². The van der Waals surface area contributed by atoms with Crippen molar-refractivity contribution in [3.8, 4) is 0 Å². The van der Waals surface area contributed by atoms with Gasteiger partial charge < -0.3 is 5.32 Å². The number of non-ortho nitro benzene ring substituents is 1. The summed E-state index contributed by atoms with van der Waals surface area (Å²) in [5.41, 5.74) is 2.12. The lowest BCUT2D eigenvalue weighted by Crippen LogP contribution is -2.47. The van der Waals surface area contributed by atoms with Crippen LogP contribution in [0.25, 0.3) is 0 Å². The van der Waals surface area contributed by atoms with Crippen molar-refractivity contribution in [1.29, 1.82) is 0 Å². The van der Waals surface area contributed by atoms with Crippen molar-refractivity contribution in [2.75, 3.05) is 15.9 Å². The first-order valence-electron chi connectivity index (χ1n) is 10.2. The highest BCUT2D eigenvalue weighted by atomic mass is 32.2. The van der Waals surface area contributed by atoms with Gasteiger partial charge in [0.2, 0.25) is 15.9 Å². The molecular formula is C22H29N3O5S. The number of aryl methyl sites for hydroxylation is 2. The fourth-order valence-electron chi connectivity index (χ4n) is 3.35. The predicted molar refractivity (Wildman–Crippen MR) is 123 cm³/mol. The van der Waals surface area contributed by atoms with E-state index < -0.39 is 26.9 Å². The summed E-state index contributed by atoms with van der Waals surface area (Å²) in [6, 6.07) is 10.4. The molecule has 1 atom stereocenters. The van der Waals surface area contributed by atoms with Crippen molar-refractivity contribution in [1.82, 2.24) is 0 Å². The van der Waals surface area contributed by atoms with E-state index in [4.69, 9.17) is 0 Å². The normalized spacial score (nSPS) is 12.3. The highest BCUT2D eigenvalue weighted by Crippen LogP contribution is 2.30. The first-order chi connectivity index (χ1) is 14.6. The summed E-state index contributed by atoms with van der Waals surface area (Å²) in [5, 5.41) is 14.0. The van der Waals surface area contributed by atoms with E-state index in [1.165, 1.54) is 18.2 Å². The molecule has 0 aliphatic carbocycles. The number of hydrogen-bond acceptors (Lipinski definition) is 5. The van der Waals surface area contributed by atoms with Crippen LogP contribution in [-0.2, 0) is 21.2 Å². The van der Waals surface area contributed by atoms with Crippen LogP contribution >= 0.6 is 0 Å². The summed E-state index contributed by atoms with van der Waals surface area (Å²) in [4.78, 5) is 23.7. The van der Waals surface area contributed by atoms with Crippen LogP contribution in [0.4, 0.5) is 17.1 Å². The number of nitrogens with zero attached hydrogens (tertiary/aromatic N) is 2. The predicted octanol–water partition coefficient (Wildman–Crippen LogP) is 4.43. The summed E-state index contributed by atoms with van der Waals surface area (Å²) in [6.45, 7) is 5.47. The Morgan fingerprint density at radius 3 is 2.32 bits per heavy atom. The lowest BCUT2D eigenvalue weighted by atomic mass is 10.1. The minimum Gasteiger partial charge on any atom is -0.324 e. The zero-order valence-corrected chi connectivity index (χ0v) is 19.1. The molecule has 9 heteroatoms. The molecule has 0 spiro atoms. The second-order valence-corrected chi connectivity index (χ2v) is 9.36. The van der Waals surface area contributed by atoms with Gasteiger partial charge in [0.25, 0.3) is 5.69 Å². The molecule has 168 valence electrons. The van der Waals surface area contributed by atoms with Crippen LogP contribution < -0.4 is 9.62 Å². The highest BCUT2D eigenvalue weighted by molar-refractivity contribution is 7.92. The molecule has 0 fully saturated rings. The maximum atomic E-state index is 13.0. The third kappa shape index (κ3) is 6.27. The Kier molecular flexibility index (Phi) is 8.15. The number of carbonyl (C=O) groups is 1. The van der Waals surface area contributed by atoms with Gasteiger partial charge in [0.05, 0.1) is 16.9 Å². The van der Waals surface area contributed by atoms with Crippen LogP contribution in [0.5, 0.6) is 0 Å². The van der Waals surface area contributed by atoms with E-state index in [1.807, 2.05) is 12.1 Å². The van der Waals surface area contributed by atoms with Gasteiger partial charge in [-0.15, -0.1) is 0 Å². The van der Waals surface area contributed by atoms with E-state index in [1.54, 1.807) is 26.0 Å². The topological polar surface area (TPSA) is 110 Å². The van der Waals surface area contributed by atoms with Crippen molar-refractivity contribution in [2.24, 2.45) is 0 Å². The molecule has 2 aromatic rings. The van der Waals surface area contributed by atoms with Gasteiger partial charge >= 0.3 is 0 Å². The number of hydrogen-bond donors (Lipinski definition) is 1. The third-order valence-electron chi connectivity index (χ3n) is 5.01. The second-order valence-electron chi connectivity index (χ2n) is 7.50. The molecule has 0 saturated heterocycles. The number of nitro benzene ring substituents is 1. The summed E-state index contributed by atoms with van der Waals surface area (Å²) in [6.07, 6.45) is 4.31. The van der Waals surface area contributed by atoms with Gasteiger partial charge in [0, 0.05) is 17.8 Å². The first-order valence-corrected chi connectivity index (χ1v) is 12.1. The summed E-state index contributed by atoms with van der Waals surface area (Å²) < 4.78 is 26.3. The van der Waals surface area contributed by atoms with Gasteiger partial charge in [-0.2, -0.15) is 0 Å². The number of anilines is 2. The molecule has 0 heterocycles. The maximum Gasteiger partial charge on any atom is 0.271 e. The van der Waals surface area contributed by atoms with Crippen LogP contribution in [0, 0.1) is 17.0 Å². The molecule has 2 aromatic carbocycles. The molecule has 1 N–H and O–H groups in total. The summed E-state index contributed by atoms with van der Waals surface area (Å²) >= 11 is 0. The van der Waals surface area contributed by atoms with E-state index in [-0.39, 0.29) is 17.8 Å². The van der Waals surface area contributed by atoms with Crippen molar-refractivity contribution in [3.63, 3.8) is 0 Å². The van der Waals surface area contributed by atoms with Crippen molar-refractivity contribution < 1.29 is 18.1 Å². The fraction of sp³-hybridized carbons (Fsp3) is 0.409. The number of carbonyl (C=O) groups excluding carboxylic acids is 1. The van der Waals surface area contributed by atoms with E-state index in [9.17, 15) is 23.3 Å². The Balaban J connectivity index is 2.36. The van der Waals surface area contributed by atoms with E-state index in [0.29, 0.717) is 11.3 Å². The SMILES string of the molecule is CCCCc1ccc(NC(=O)C(CC)N(c2cc([N+](=O)[O-])ccc2C)S(C)(=O)=O)cc1. The van der Waals surface area contributed by atoms with Crippen LogP contribution in [0.15, 0.2) is 42.5 Å². The molecule has 0 radical (unpaired) electrons. The number of rotatable bonds is 10. The van der Waals surface area contributed by atoms with Crippen molar-refractivity contribution >= 4 is 33.0 Å². The van der Waals surface area contributed by atoms with Gasteiger partial charge in [0.1, 0.15) is 6.04 Å². The molecular weight excluding hydrogens is 418 g/mol. The third-order valence-corrected chi connectivity index (χ3v) is 6.18. The molecule has 2 rings (SSSR count). The summed E-state index contributed by atoms with van der Waals surface area (Å²) in [7, 11) is -3.90. The minimum atomic E-state index is -3.90. The highest BCUT2D eigenvalue weighted by Gasteiger charge is 2.33. The number of nitro groups is 1. The van der Waals surface area contributed by atoms with Crippen LogP contribution in [0.3, 0.4) is 0 Å². The Hall–Kier alpha value is -2.94. The minimum absolute atomic E-state index is 0.119.